The zero-order chi connectivity index (χ0) is 16.8. The van der Waals surface area contributed by atoms with Crippen molar-refractivity contribution in [1.82, 2.24) is 15.5 Å². The first kappa shape index (κ1) is 21.3. The molecule has 8 heteroatoms. The number of aliphatic imine (C=N–C) groups is 1. The van der Waals surface area contributed by atoms with Crippen LogP contribution in [0.4, 0.5) is 0 Å². The molecule has 1 aliphatic carbocycles. The van der Waals surface area contributed by atoms with Crippen LogP contribution in [0.1, 0.15) is 18.4 Å². The Labute approximate surface area is 170 Å². The van der Waals surface area contributed by atoms with Crippen molar-refractivity contribution < 1.29 is 4.79 Å². The number of hydrogen-bond acceptors (Lipinski definition) is 2. The van der Waals surface area contributed by atoms with Crippen LogP contribution < -0.4 is 10.6 Å². The van der Waals surface area contributed by atoms with Gasteiger partial charge in [-0.25, -0.2) is 0 Å². The van der Waals surface area contributed by atoms with Crippen LogP contribution in [0.2, 0.25) is 10.0 Å². The van der Waals surface area contributed by atoms with Crippen molar-refractivity contribution in [3.8, 4) is 0 Å². The Morgan fingerprint density at radius 3 is 2.50 bits per heavy atom. The van der Waals surface area contributed by atoms with E-state index < -0.39 is 0 Å². The van der Waals surface area contributed by atoms with E-state index in [1.165, 1.54) is 0 Å². The van der Waals surface area contributed by atoms with Crippen LogP contribution in [0.5, 0.6) is 0 Å². The monoisotopic (exact) mass is 484 g/mol. The summed E-state index contributed by atoms with van der Waals surface area (Å²) in [4.78, 5) is 17.8. The van der Waals surface area contributed by atoms with Gasteiger partial charge in [-0.3, -0.25) is 9.79 Å². The second-order valence-electron chi connectivity index (χ2n) is 5.64. The van der Waals surface area contributed by atoms with Crippen molar-refractivity contribution in [3.63, 3.8) is 0 Å². The lowest BCUT2D eigenvalue weighted by molar-refractivity contribution is -0.122. The van der Waals surface area contributed by atoms with Gasteiger partial charge in [0.1, 0.15) is 0 Å². The van der Waals surface area contributed by atoms with Crippen LogP contribution in [0.25, 0.3) is 0 Å². The van der Waals surface area contributed by atoms with E-state index in [0.29, 0.717) is 29.7 Å². The third-order valence-corrected chi connectivity index (χ3v) is 4.37. The van der Waals surface area contributed by atoms with E-state index in [4.69, 9.17) is 23.2 Å². The molecule has 0 aliphatic heterocycles. The first-order chi connectivity index (χ1) is 11.0. The van der Waals surface area contributed by atoms with Crippen molar-refractivity contribution >= 4 is 59.0 Å². The minimum Gasteiger partial charge on any atom is -0.354 e. The predicted octanol–water partition coefficient (Wildman–Crippen LogP) is 3.14. The minimum absolute atomic E-state index is 0. The van der Waals surface area contributed by atoms with E-state index in [9.17, 15) is 4.79 Å². The zero-order valence-electron chi connectivity index (χ0n) is 13.8. The van der Waals surface area contributed by atoms with Crippen molar-refractivity contribution in [1.29, 1.82) is 0 Å². The fourth-order valence-electron chi connectivity index (χ4n) is 2.22. The van der Waals surface area contributed by atoms with E-state index in [0.717, 1.165) is 24.4 Å². The number of halogens is 3. The molecule has 1 aromatic rings. The molecule has 1 amide bonds. The Balaban J connectivity index is 0.00000288. The SMILES string of the molecule is CN=C(NCCNC(=O)C1CC1)N(C)Cc1ccc(Cl)c(Cl)c1.I. The molecular formula is C16H23Cl2IN4O. The number of hydrogen-bond donors (Lipinski definition) is 2. The molecule has 5 nitrogen and oxygen atoms in total. The molecule has 24 heavy (non-hydrogen) atoms. The van der Waals surface area contributed by atoms with E-state index >= 15 is 0 Å². The van der Waals surface area contributed by atoms with Crippen LogP contribution >= 0.6 is 47.2 Å². The highest BCUT2D eigenvalue weighted by atomic mass is 127. The number of nitrogens with zero attached hydrogens (tertiary/aromatic N) is 2. The number of carbonyl (C=O) groups excluding carboxylic acids is 1. The average molecular weight is 485 g/mol. The lowest BCUT2D eigenvalue weighted by Gasteiger charge is -2.22. The highest BCUT2D eigenvalue weighted by Crippen LogP contribution is 2.28. The van der Waals surface area contributed by atoms with Crippen LogP contribution in [-0.2, 0) is 11.3 Å². The summed E-state index contributed by atoms with van der Waals surface area (Å²) in [5, 5.41) is 7.24. The molecule has 0 saturated heterocycles. The molecule has 1 saturated carbocycles. The first-order valence-corrected chi connectivity index (χ1v) is 8.40. The normalized spacial score (nSPS) is 13.9. The molecule has 134 valence electrons. The number of nitrogens with one attached hydrogen (secondary N) is 2. The van der Waals surface area contributed by atoms with Gasteiger partial charge in [0.2, 0.25) is 5.91 Å². The molecule has 0 atom stereocenters. The summed E-state index contributed by atoms with van der Waals surface area (Å²) >= 11 is 12.0. The number of rotatable bonds is 6. The van der Waals surface area contributed by atoms with Crippen LogP contribution in [0, 0.1) is 5.92 Å². The van der Waals surface area contributed by atoms with E-state index in [-0.39, 0.29) is 35.8 Å². The Morgan fingerprint density at radius 1 is 1.25 bits per heavy atom. The molecule has 0 unspecified atom stereocenters. The highest BCUT2D eigenvalue weighted by Gasteiger charge is 2.28. The Kier molecular flexibility index (Phi) is 9.15. The molecule has 1 fully saturated rings. The second-order valence-corrected chi connectivity index (χ2v) is 6.46. The minimum atomic E-state index is 0. The quantitative estimate of drug-likeness (QED) is 0.282. The van der Waals surface area contributed by atoms with Crippen molar-refractivity contribution in [2.75, 3.05) is 27.2 Å². The van der Waals surface area contributed by atoms with Gasteiger partial charge in [0.15, 0.2) is 5.96 Å². The maximum atomic E-state index is 11.6. The summed E-state index contributed by atoms with van der Waals surface area (Å²) in [7, 11) is 3.68. The lowest BCUT2D eigenvalue weighted by atomic mass is 10.2. The van der Waals surface area contributed by atoms with Gasteiger partial charge in [-0.15, -0.1) is 24.0 Å². The van der Waals surface area contributed by atoms with E-state index in [1.807, 2.05) is 24.1 Å². The summed E-state index contributed by atoms with van der Waals surface area (Å²) in [6.45, 7) is 1.89. The molecule has 0 aromatic heterocycles. The summed E-state index contributed by atoms with van der Waals surface area (Å²) in [6.07, 6.45) is 2.04. The molecule has 0 radical (unpaired) electrons. The van der Waals surface area contributed by atoms with Gasteiger partial charge < -0.3 is 15.5 Å². The molecule has 2 rings (SSSR count). The van der Waals surface area contributed by atoms with Gasteiger partial charge >= 0.3 is 0 Å². The van der Waals surface area contributed by atoms with Crippen LogP contribution in [0.3, 0.4) is 0 Å². The van der Waals surface area contributed by atoms with Crippen molar-refractivity contribution in [2.24, 2.45) is 10.9 Å². The van der Waals surface area contributed by atoms with Gasteiger partial charge in [-0.2, -0.15) is 0 Å². The Morgan fingerprint density at radius 2 is 1.92 bits per heavy atom. The summed E-state index contributed by atoms with van der Waals surface area (Å²) < 4.78 is 0. The average Bonchev–Trinajstić information content (AvgIpc) is 3.35. The third kappa shape index (κ3) is 6.64. The van der Waals surface area contributed by atoms with Gasteiger partial charge in [-0.05, 0) is 30.5 Å². The molecule has 0 heterocycles. The summed E-state index contributed by atoms with van der Waals surface area (Å²) in [5.74, 6) is 1.16. The highest BCUT2D eigenvalue weighted by molar-refractivity contribution is 14.0. The number of guanidine groups is 1. The molecular weight excluding hydrogens is 462 g/mol. The van der Waals surface area contributed by atoms with Crippen molar-refractivity contribution in [3.05, 3.63) is 33.8 Å². The van der Waals surface area contributed by atoms with Crippen LogP contribution in [-0.4, -0.2) is 44.0 Å². The summed E-state index contributed by atoms with van der Waals surface area (Å²) in [5.41, 5.74) is 1.05. The smallest absolute Gasteiger partial charge is 0.223 e. The molecule has 0 spiro atoms. The molecule has 1 aliphatic rings. The Bertz CT molecular complexity index is 593. The molecule has 1 aromatic carbocycles. The number of amides is 1. The topological polar surface area (TPSA) is 56.7 Å². The van der Waals surface area contributed by atoms with Gasteiger partial charge in [0.05, 0.1) is 10.0 Å². The van der Waals surface area contributed by atoms with E-state index in [1.54, 1.807) is 13.1 Å². The van der Waals surface area contributed by atoms with Gasteiger partial charge in [-0.1, -0.05) is 29.3 Å². The van der Waals surface area contributed by atoms with Gasteiger partial charge in [0, 0.05) is 39.6 Å². The second kappa shape index (κ2) is 10.3. The maximum Gasteiger partial charge on any atom is 0.223 e. The zero-order valence-corrected chi connectivity index (χ0v) is 17.7. The standard InChI is InChI=1S/C16H22Cl2N4O.HI/c1-19-16(21-8-7-20-15(23)12-4-5-12)22(2)10-11-3-6-13(17)14(18)9-11;/h3,6,9,12H,4-5,7-8,10H2,1-2H3,(H,19,21)(H,20,23);1H. The Hall–Kier alpha value is -0.730. The lowest BCUT2D eigenvalue weighted by Crippen LogP contribution is -2.42. The fraction of sp³-hybridized carbons (Fsp3) is 0.500. The van der Waals surface area contributed by atoms with Crippen LogP contribution in [0.15, 0.2) is 23.2 Å². The predicted molar refractivity (Wildman–Crippen MR) is 110 cm³/mol. The largest absolute Gasteiger partial charge is 0.354 e. The van der Waals surface area contributed by atoms with E-state index in [2.05, 4.69) is 15.6 Å². The fourth-order valence-corrected chi connectivity index (χ4v) is 2.54. The maximum absolute atomic E-state index is 11.6. The molecule has 2 N–H and O–H groups in total. The first-order valence-electron chi connectivity index (χ1n) is 7.64. The third-order valence-electron chi connectivity index (χ3n) is 3.63. The summed E-state index contributed by atoms with van der Waals surface area (Å²) in [6, 6.07) is 5.58. The van der Waals surface area contributed by atoms with Gasteiger partial charge in [0.25, 0.3) is 0 Å². The molecule has 0 bridgehead atoms. The number of benzene rings is 1. The van der Waals surface area contributed by atoms with Crippen molar-refractivity contribution in [2.45, 2.75) is 19.4 Å². The number of carbonyl (C=O) groups is 1.